The molecule has 0 bridgehead atoms. The van der Waals surface area contributed by atoms with Crippen molar-refractivity contribution in [1.82, 2.24) is 24.6 Å². The SMILES string of the molecule is COc1cc(N2CCOCC2)ccc1Nc1nc(N)n(-c2ccc(C(=O)N3CCOCC3)cn2)n1. The van der Waals surface area contributed by atoms with Crippen molar-refractivity contribution < 1.29 is 19.0 Å². The molecule has 2 aliphatic rings. The number of carbonyl (C=O) groups is 1. The molecule has 35 heavy (non-hydrogen) atoms. The van der Waals surface area contributed by atoms with E-state index in [9.17, 15) is 4.79 Å². The first-order valence-electron chi connectivity index (χ1n) is 11.5. The number of hydrogen-bond acceptors (Lipinski definition) is 10. The number of aromatic nitrogens is 4. The lowest BCUT2D eigenvalue weighted by Gasteiger charge is -2.29. The van der Waals surface area contributed by atoms with Crippen LogP contribution >= 0.6 is 0 Å². The monoisotopic (exact) mass is 480 g/mol. The summed E-state index contributed by atoms with van der Waals surface area (Å²) in [6.07, 6.45) is 1.52. The molecule has 1 aromatic carbocycles. The third-order valence-electron chi connectivity index (χ3n) is 5.95. The maximum atomic E-state index is 12.6. The summed E-state index contributed by atoms with van der Waals surface area (Å²) in [7, 11) is 1.62. The normalized spacial score (nSPS) is 16.3. The molecular formula is C23H28N8O4. The zero-order chi connectivity index (χ0) is 24.2. The molecule has 0 spiro atoms. The molecule has 1 amide bonds. The number of amides is 1. The molecule has 12 nitrogen and oxygen atoms in total. The van der Waals surface area contributed by atoms with Crippen LogP contribution in [0.4, 0.5) is 23.3 Å². The minimum atomic E-state index is -0.0751. The molecule has 0 saturated carbocycles. The van der Waals surface area contributed by atoms with Gasteiger partial charge in [-0.1, -0.05) is 0 Å². The van der Waals surface area contributed by atoms with E-state index in [1.807, 2.05) is 18.2 Å². The third-order valence-corrected chi connectivity index (χ3v) is 5.95. The largest absolute Gasteiger partial charge is 0.494 e. The van der Waals surface area contributed by atoms with Crippen molar-refractivity contribution in [2.24, 2.45) is 0 Å². The second-order valence-electron chi connectivity index (χ2n) is 8.12. The van der Waals surface area contributed by atoms with Crippen LogP contribution in [0, 0.1) is 0 Å². The standard InChI is InChI=1S/C23H28N8O4/c1-33-19-14-17(29-6-10-34-11-7-29)3-4-18(19)26-23-27-22(24)31(28-23)20-5-2-16(15-25-20)21(32)30-8-12-35-13-9-30/h2-5,14-15H,6-13H2,1H3,(H3,24,26,27,28). The molecule has 4 heterocycles. The van der Waals surface area contributed by atoms with Gasteiger partial charge in [-0.25, -0.2) is 4.98 Å². The van der Waals surface area contributed by atoms with Crippen LogP contribution in [0.25, 0.3) is 5.82 Å². The van der Waals surface area contributed by atoms with Crippen molar-refractivity contribution in [2.45, 2.75) is 0 Å². The molecule has 0 radical (unpaired) electrons. The quantitative estimate of drug-likeness (QED) is 0.532. The van der Waals surface area contributed by atoms with E-state index in [1.54, 1.807) is 24.1 Å². The summed E-state index contributed by atoms with van der Waals surface area (Å²) in [5.41, 5.74) is 8.37. The van der Waals surface area contributed by atoms with Crippen molar-refractivity contribution >= 4 is 29.2 Å². The summed E-state index contributed by atoms with van der Waals surface area (Å²) >= 11 is 0. The van der Waals surface area contributed by atoms with Crippen molar-refractivity contribution in [3.05, 3.63) is 42.1 Å². The molecule has 3 aromatic rings. The van der Waals surface area contributed by atoms with Crippen LogP contribution in [0.2, 0.25) is 0 Å². The lowest BCUT2D eigenvalue weighted by Crippen LogP contribution is -2.40. The number of nitrogens with one attached hydrogen (secondary N) is 1. The average Bonchev–Trinajstić information content (AvgIpc) is 3.29. The van der Waals surface area contributed by atoms with Crippen molar-refractivity contribution in [3.8, 4) is 11.6 Å². The highest BCUT2D eigenvalue weighted by Crippen LogP contribution is 2.32. The number of benzene rings is 1. The van der Waals surface area contributed by atoms with Gasteiger partial charge in [-0.3, -0.25) is 4.79 Å². The Morgan fingerprint density at radius 3 is 2.49 bits per heavy atom. The minimum absolute atomic E-state index is 0.0751. The lowest BCUT2D eigenvalue weighted by atomic mass is 10.2. The van der Waals surface area contributed by atoms with Crippen molar-refractivity contribution in [1.29, 1.82) is 0 Å². The van der Waals surface area contributed by atoms with E-state index in [-0.39, 0.29) is 11.9 Å². The van der Waals surface area contributed by atoms with Gasteiger partial charge >= 0.3 is 0 Å². The topological polar surface area (TPSA) is 133 Å². The van der Waals surface area contributed by atoms with Crippen LogP contribution in [0.1, 0.15) is 10.4 Å². The highest BCUT2D eigenvalue weighted by Gasteiger charge is 2.20. The van der Waals surface area contributed by atoms with Crippen LogP contribution in [-0.4, -0.2) is 90.3 Å². The van der Waals surface area contributed by atoms with Gasteiger partial charge in [0.15, 0.2) is 5.82 Å². The number of ether oxygens (including phenoxy) is 3. The number of nitrogen functional groups attached to an aromatic ring is 1. The maximum absolute atomic E-state index is 12.6. The number of hydrogen-bond donors (Lipinski definition) is 2. The van der Waals surface area contributed by atoms with E-state index < -0.39 is 0 Å². The number of anilines is 4. The van der Waals surface area contributed by atoms with Gasteiger partial charge in [0.2, 0.25) is 11.9 Å². The molecule has 0 unspecified atom stereocenters. The second-order valence-corrected chi connectivity index (χ2v) is 8.12. The summed E-state index contributed by atoms with van der Waals surface area (Å²) in [6, 6.07) is 9.31. The van der Waals surface area contributed by atoms with E-state index in [2.05, 4.69) is 25.3 Å². The van der Waals surface area contributed by atoms with E-state index in [0.717, 1.165) is 18.8 Å². The smallest absolute Gasteiger partial charge is 0.255 e. The van der Waals surface area contributed by atoms with Crippen LogP contribution in [0.5, 0.6) is 5.75 Å². The Morgan fingerprint density at radius 1 is 1.06 bits per heavy atom. The van der Waals surface area contributed by atoms with E-state index in [0.29, 0.717) is 68.3 Å². The predicted molar refractivity (Wildman–Crippen MR) is 130 cm³/mol. The van der Waals surface area contributed by atoms with Gasteiger partial charge in [0.25, 0.3) is 5.91 Å². The highest BCUT2D eigenvalue weighted by molar-refractivity contribution is 5.94. The Morgan fingerprint density at radius 2 is 1.80 bits per heavy atom. The van der Waals surface area contributed by atoms with Gasteiger partial charge in [0, 0.05) is 44.1 Å². The third kappa shape index (κ3) is 4.98. The summed E-state index contributed by atoms with van der Waals surface area (Å²) in [5.74, 6) is 1.50. The Hall–Kier alpha value is -3.90. The predicted octanol–water partition coefficient (Wildman–Crippen LogP) is 1.31. The van der Waals surface area contributed by atoms with Gasteiger partial charge in [0.1, 0.15) is 5.75 Å². The Balaban J connectivity index is 1.31. The fourth-order valence-electron chi connectivity index (χ4n) is 4.05. The number of morpholine rings is 2. The number of nitrogens with zero attached hydrogens (tertiary/aromatic N) is 6. The van der Waals surface area contributed by atoms with Gasteiger partial charge in [0.05, 0.1) is 44.8 Å². The van der Waals surface area contributed by atoms with Crippen LogP contribution < -0.4 is 20.7 Å². The molecule has 3 N–H and O–H groups in total. The molecule has 2 aromatic heterocycles. The number of pyridine rings is 1. The summed E-state index contributed by atoms with van der Waals surface area (Å²) in [6.45, 7) is 5.32. The van der Waals surface area contributed by atoms with Gasteiger partial charge < -0.3 is 35.1 Å². The van der Waals surface area contributed by atoms with E-state index in [4.69, 9.17) is 19.9 Å². The first kappa shape index (κ1) is 22.9. The Kier molecular flexibility index (Phi) is 6.64. The maximum Gasteiger partial charge on any atom is 0.255 e. The molecule has 2 fully saturated rings. The van der Waals surface area contributed by atoms with E-state index >= 15 is 0 Å². The highest BCUT2D eigenvalue weighted by atomic mass is 16.5. The fourth-order valence-corrected chi connectivity index (χ4v) is 4.05. The number of carbonyl (C=O) groups excluding carboxylic acids is 1. The summed E-state index contributed by atoms with van der Waals surface area (Å²) < 4.78 is 17.7. The Bertz CT molecular complexity index is 1170. The van der Waals surface area contributed by atoms with Crippen LogP contribution in [0.15, 0.2) is 36.5 Å². The first-order valence-corrected chi connectivity index (χ1v) is 11.5. The van der Waals surface area contributed by atoms with E-state index in [1.165, 1.54) is 10.9 Å². The molecule has 184 valence electrons. The molecule has 0 aliphatic carbocycles. The molecule has 5 rings (SSSR count). The molecular weight excluding hydrogens is 452 g/mol. The molecule has 0 atom stereocenters. The zero-order valence-corrected chi connectivity index (χ0v) is 19.5. The minimum Gasteiger partial charge on any atom is -0.494 e. The van der Waals surface area contributed by atoms with Gasteiger partial charge in [-0.15, -0.1) is 5.10 Å². The summed E-state index contributed by atoms with van der Waals surface area (Å²) in [5, 5.41) is 7.61. The Labute approximate surface area is 202 Å². The van der Waals surface area contributed by atoms with Crippen LogP contribution in [0.3, 0.4) is 0 Å². The second kappa shape index (κ2) is 10.2. The van der Waals surface area contributed by atoms with Crippen molar-refractivity contribution in [2.75, 3.05) is 75.7 Å². The zero-order valence-electron chi connectivity index (χ0n) is 19.5. The molecule has 2 aliphatic heterocycles. The number of nitrogens with two attached hydrogens (primary N) is 1. The lowest BCUT2D eigenvalue weighted by molar-refractivity contribution is 0.0302. The van der Waals surface area contributed by atoms with Crippen molar-refractivity contribution in [3.63, 3.8) is 0 Å². The number of methoxy groups -OCH3 is 1. The van der Waals surface area contributed by atoms with Gasteiger partial charge in [-0.2, -0.15) is 9.67 Å². The molecule has 2 saturated heterocycles. The average molecular weight is 481 g/mol. The first-order chi connectivity index (χ1) is 17.1. The molecule has 12 heteroatoms. The number of rotatable bonds is 6. The van der Waals surface area contributed by atoms with Crippen LogP contribution in [-0.2, 0) is 9.47 Å². The summed E-state index contributed by atoms with van der Waals surface area (Å²) in [4.78, 5) is 25.3. The van der Waals surface area contributed by atoms with Gasteiger partial charge in [-0.05, 0) is 24.3 Å². The fraction of sp³-hybridized carbons (Fsp3) is 0.391.